The molecule has 0 heterocycles. The smallest absolute Gasteiger partial charge is 0.410 e. The van der Waals surface area contributed by atoms with E-state index in [9.17, 15) is 14.4 Å². The number of nitrogens with zero attached hydrogens (tertiary/aromatic N) is 3. The molecule has 0 aliphatic carbocycles. The Balaban J connectivity index is 1.92. The van der Waals surface area contributed by atoms with Crippen LogP contribution in [0.2, 0.25) is 0 Å². The Hall–Kier alpha value is -3.86. The summed E-state index contributed by atoms with van der Waals surface area (Å²) in [6.45, 7) is 6.02. The Kier molecular flexibility index (Phi) is 9.62. The van der Waals surface area contributed by atoms with Crippen molar-refractivity contribution in [2.24, 2.45) is 0 Å². The van der Waals surface area contributed by atoms with Gasteiger partial charge in [0.1, 0.15) is 5.60 Å². The van der Waals surface area contributed by atoms with E-state index in [2.05, 4.69) is 11.4 Å². The monoisotopic (exact) mass is 464 g/mol. The van der Waals surface area contributed by atoms with Crippen LogP contribution in [0.3, 0.4) is 0 Å². The second kappa shape index (κ2) is 12.4. The predicted octanol–water partition coefficient (Wildman–Crippen LogP) is 4.72. The predicted molar refractivity (Wildman–Crippen MR) is 131 cm³/mol. The number of benzene rings is 2. The van der Waals surface area contributed by atoms with Crippen molar-refractivity contribution in [3.8, 4) is 6.07 Å². The molecule has 8 nitrogen and oxygen atoms in total. The van der Waals surface area contributed by atoms with Crippen molar-refractivity contribution in [1.82, 2.24) is 4.90 Å². The first-order valence-electron chi connectivity index (χ1n) is 11.1. The van der Waals surface area contributed by atoms with Gasteiger partial charge < -0.3 is 19.9 Å². The van der Waals surface area contributed by atoms with Crippen molar-refractivity contribution in [1.29, 1.82) is 5.26 Å². The van der Waals surface area contributed by atoms with Gasteiger partial charge >= 0.3 is 6.09 Å². The van der Waals surface area contributed by atoms with Crippen molar-refractivity contribution in [2.45, 2.75) is 52.2 Å². The number of anilines is 2. The van der Waals surface area contributed by atoms with Gasteiger partial charge in [-0.2, -0.15) is 5.26 Å². The SMILES string of the molecule is CN(Cc1cccc(NC(=O)CCC(=O)N(CCC#N)c2ccccc2)c1)C(=O)OC(C)(C)C. The minimum atomic E-state index is -0.580. The summed E-state index contributed by atoms with van der Waals surface area (Å²) >= 11 is 0. The number of hydrogen-bond acceptors (Lipinski definition) is 5. The molecule has 8 heteroatoms. The van der Waals surface area contributed by atoms with Crippen LogP contribution >= 0.6 is 0 Å². The van der Waals surface area contributed by atoms with Gasteiger partial charge in [-0.15, -0.1) is 0 Å². The fraction of sp³-hybridized carbons (Fsp3) is 0.385. The Morgan fingerprint density at radius 3 is 2.38 bits per heavy atom. The summed E-state index contributed by atoms with van der Waals surface area (Å²) in [5.74, 6) is -0.511. The number of nitrogens with one attached hydrogen (secondary N) is 1. The molecule has 3 amide bonds. The highest BCUT2D eigenvalue weighted by molar-refractivity contribution is 5.98. The highest BCUT2D eigenvalue weighted by atomic mass is 16.6. The molecule has 0 fully saturated rings. The third-order valence-electron chi connectivity index (χ3n) is 4.72. The zero-order valence-electron chi connectivity index (χ0n) is 20.2. The van der Waals surface area contributed by atoms with E-state index in [-0.39, 0.29) is 37.6 Å². The van der Waals surface area contributed by atoms with Gasteiger partial charge in [0, 0.05) is 44.4 Å². The molecule has 0 saturated heterocycles. The van der Waals surface area contributed by atoms with E-state index < -0.39 is 11.7 Å². The van der Waals surface area contributed by atoms with E-state index in [4.69, 9.17) is 10.00 Å². The van der Waals surface area contributed by atoms with Gasteiger partial charge in [-0.05, 0) is 50.6 Å². The first-order valence-corrected chi connectivity index (χ1v) is 11.1. The van der Waals surface area contributed by atoms with E-state index in [1.54, 1.807) is 37.4 Å². The van der Waals surface area contributed by atoms with Crippen molar-refractivity contribution < 1.29 is 19.1 Å². The molecule has 0 radical (unpaired) electrons. The molecular formula is C26H32N4O4. The zero-order valence-corrected chi connectivity index (χ0v) is 20.2. The first-order chi connectivity index (χ1) is 16.1. The van der Waals surface area contributed by atoms with E-state index in [1.165, 1.54) is 9.80 Å². The number of hydrogen-bond donors (Lipinski definition) is 1. The molecule has 0 aliphatic heterocycles. The van der Waals surface area contributed by atoms with Crippen LogP contribution in [0, 0.1) is 11.3 Å². The molecule has 0 spiro atoms. The molecule has 2 aromatic carbocycles. The number of carbonyl (C=O) groups excluding carboxylic acids is 3. The minimum absolute atomic E-state index is 0.0107. The minimum Gasteiger partial charge on any atom is -0.444 e. The second-order valence-electron chi connectivity index (χ2n) is 8.87. The number of rotatable bonds is 9. The quantitative estimate of drug-likeness (QED) is 0.578. The highest BCUT2D eigenvalue weighted by Crippen LogP contribution is 2.17. The molecule has 2 aromatic rings. The summed E-state index contributed by atoms with van der Waals surface area (Å²) in [4.78, 5) is 40.4. The van der Waals surface area contributed by atoms with Gasteiger partial charge in [0.25, 0.3) is 0 Å². The van der Waals surface area contributed by atoms with Crippen LogP contribution < -0.4 is 10.2 Å². The van der Waals surface area contributed by atoms with Gasteiger partial charge in [0.05, 0.1) is 12.5 Å². The maximum Gasteiger partial charge on any atom is 0.410 e. The lowest BCUT2D eigenvalue weighted by atomic mass is 10.1. The largest absolute Gasteiger partial charge is 0.444 e. The zero-order chi connectivity index (χ0) is 25.1. The highest BCUT2D eigenvalue weighted by Gasteiger charge is 2.20. The molecule has 0 aromatic heterocycles. The summed E-state index contributed by atoms with van der Waals surface area (Å²) in [7, 11) is 1.65. The topological polar surface area (TPSA) is 103 Å². The number of para-hydroxylation sites is 1. The van der Waals surface area contributed by atoms with Crippen LogP contribution in [0.1, 0.15) is 45.6 Å². The van der Waals surface area contributed by atoms with Gasteiger partial charge in [-0.25, -0.2) is 4.79 Å². The average Bonchev–Trinajstić information content (AvgIpc) is 2.77. The Bertz CT molecular complexity index is 1030. The lowest BCUT2D eigenvalue weighted by Crippen LogP contribution is -2.33. The van der Waals surface area contributed by atoms with Crippen LogP contribution in [0.25, 0.3) is 0 Å². The van der Waals surface area contributed by atoms with Crippen molar-refractivity contribution in [3.05, 3.63) is 60.2 Å². The van der Waals surface area contributed by atoms with Gasteiger partial charge in [-0.1, -0.05) is 30.3 Å². The summed E-state index contributed by atoms with van der Waals surface area (Å²) in [5, 5.41) is 11.7. The molecule has 180 valence electrons. The summed E-state index contributed by atoms with van der Waals surface area (Å²) in [6.07, 6.45) is -0.193. The second-order valence-corrected chi connectivity index (χ2v) is 8.87. The van der Waals surface area contributed by atoms with Crippen molar-refractivity contribution in [3.63, 3.8) is 0 Å². The fourth-order valence-electron chi connectivity index (χ4n) is 3.17. The molecular weight excluding hydrogens is 432 g/mol. The number of amides is 3. The normalized spacial score (nSPS) is 10.7. The van der Waals surface area contributed by atoms with Crippen molar-refractivity contribution >= 4 is 29.3 Å². The van der Waals surface area contributed by atoms with Crippen LogP contribution in [0.4, 0.5) is 16.2 Å². The lowest BCUT2D eigenvalue weighted by molar-refractivity contribution is -0.122. The summed E-state index contributed by atoms with van der Waals surface area (Å²) in [6, 6.07) is 18.3. The third kappa shape index (κ3) is 8.94. The molecule has 0 bridgehead atoms. The Labute approximate surface area is 201 Å². The van der Waals surface area contributed by atoms with Crippen LogP contribution in [0.15, 0.2) is 54.6 Å². The maximum atomic E-state index is 12.7. The van der Waals surface area contributed by atoms with E-state index >= 15 is 0 Å². The Morgan fingerprint density at radius 2 is 1.74 bits per heavy atom. The molecule has 1 N–H and O–H groups in total. The molecule has 2 rings (SSSR count). The van der Waals surface area contributed by atoms with Crippen LogP contribution in [-0.2, 0) is 20.9 Å². The Morgan fingerprint density at radius 1 is 1.03 bits per heavy atom. The number of nitriles is 1. The molecule has 0 saturated carbocycles. The summed E-state index contributed by atoms with van der Waals surface area (Å²) < 4.78 is 5.36. The van der Waals surface area contributed by atoms with Crippen LogP contribution in [-0.4, -0.2) is 42.0 Å². The maximum absolute atomic E-state index is 12.7. The fourth-order valence-corrected chi connectivity index (χ4v) is 3.17. The molecule has 34 heavy (non-hydrogen) atoms. The number of carbonyl (C=O) groups is 3. The third-order valence-corrected chi connectivity index (χ3v) is 4.72. The number of ether oxygens (including phenoxy) is 1. The van der Waals surface area contributed by atoms with Gasteiger partial charge in [0.2, 0.25) is 11.8 Å². The van der Waals surface area contributed by atoms with E-state index in [1.807, 2.05) is 45.0 Å². The van der Waals surface area contributed by atoms with Gasteiger partial charge in [0.15, 0.2) is 0 Å². The van der Waals surface area contributed by atoms with Gasteiger partial charge in [-0.3, -0.25) is 9.59 Å². The summed E-state index contributed by atoms with van der Waals surface area (Å²) in [5.41, 5.74) is 1.53. The lowest BCUT2D eigenvalue weighted by Gasteiger charge is -2.24. The van der Waals surface area contributed by atoms with E-state index in [0.29, 0.717) is 17.9 Å². The standard InChI is InChI=1S/C26H32N4O4/c1-26(2,3)34-25(33)29(4)19-20-10-8-11-21(18-20)28-23(31)14-15-24(32)30(17-9-16-27)22-12-6-5-7-13-22/h5-8,10-13,18H,9,14-15,17,19H2,1-4H3,(H,28,31). The molecule has 0 aliphatic rings. The first kappa shape index (κ1) is 26.4. The van der Waals surface area contributed by atoms with Crippen molar-refractivity contribution in [2.75, 3.05) is 23.8 Å². The van der Waals surface area contributed by atoms with E-state index in [0.717, 1.165) is 5.56 Å². The molecule has 0 atom stereocenters. The average molecular weight is 465 g/mol. The molecule has 0 unspecified atom stereocenters. The van der Waals surface area contributed by atoms with Crippen LogP contribution in [0.5, 0.6) is 0 Å².